The first-order valence-corrected chi connectivity index (χ1v) is 13.6. The Balaban J connectivity index is 1.16. The second-order valence-electron chi connectivity index (χ2n) is 10.7. The predicted molar refractivity (Wildman–Crippen MR) is 142 cm³/mol. The number of nitrogens with zero attached hydrogens (tertiary/aromatic N) is 3. The van der Waals surface area contributed by atoms with Crippen LogP contribution < -0.4 is 0 Å². The van der Waals surface area contributed by atoms with Crippen molar-refractivity contribution in [1.29, 1.82) is 0 Å². The SMILES string of the molecule is O=C1C2CCCN2C(=O)C2(CCN(CCCc3ccccc3)CC2)N1CCc1c[nH]c2ccccc12. The number of carbonyl (C=O) groups excluding carboxylic acids is 2. The number of H-pyrrole nitrogens is 1. The molecule has 3 fully saturated rings. The van der Waals surface area contributed by atoms with Crippen molar-refractivity contribution >= 4 is 22.7 Å². The van der Waals surface area contributed by atoms with Gasteiger partial charge in [-0.1, -0.05) is 48.5 Å². The molecular weight excluding hydrogens is 448 g/mol. The first kappa shape index (κ1) is 23.3. The van der Waals surface area contributed by atoms with E-state index in [1.807, 2.05) is 15.9 Å². The normalized spacial score (nSPS) is 22.1. The van der Waals surface area contributed by atoms with Crippen LogP contribution >= 0.6 is 0 Å². The minimum absolute atomic E-state index is 0.171. The Morgan fingerprint density at radius 2 is 1.67 bits per heavy atom. The maximum absolute atomic E-state index is 13.9. The first-order chi connectivity index (χ1) is 17.7. The number of hydrogen-bond donors (Lipinski definition) is 1. The van der Waals surface area contributed by atoms with Crippen LogP contribution in [0.4, 0.5) is 0 Å². The molecule has 3 aliphatic rings. The summed E-state index contributed by atoms with van der Waals surface area (Å²) in [6.45, 7) is 4.11. The third kappa shape index (κ3) is 4.11. The van der Waals surface area contributed by atoms with Crippen molar-refractivity contribution in [3.63, 3.8) is 0 Å². The van der Waals surface area contributed by atoms with Gasteiger partial charge in [0.05, 0.1) is 0 Å². The van der Waals surface area contributed by atoms with Crippen molar-refractivity contribution in [3.05, 3.63) is 71.9 Å². The fraction of sp³-hybridized carbons (Fsp3) is 0.467. The summed E-state index contributed by atoms with van der Waals surface area (Å²) < 4.78 is 0. The predicted octanol–water partition coefficient (Wildman–Crippen LogP) is 4.01. The van der Waals surface area contributed by atoms with E-state index < -0.39 is 5.54 Å². The number of rotatable bonds is 7. The van der Waals surface area contributed by atoms with Gasteiger partial charge in [0, 0.05) is 43.3 Å². The number of likely N-dealkylation sites (tertiary alicyclic amines) is 1. The summed E-state index contributed by atoms with van der Waals surface area (Å²) >= 11 is 0. The van der Waals surface area contributed by atoms with Gasteiger partial charge >= 0.3 is 0 Å². The molecule has 1 atom stereocenters. The molecule has 2 amide bonds. The lowest BCUT2D eigenvalue weighted by atomic mass is 9.80. The van der Waals surface area contributed by atoms with Crippen molar-refractivity contribution in [3.8, 4) is 0 Å². The molecule has 3 aromatic rings. The van der Waals surface area contributed by atoms with Gasteiger partial charge in [0.1, 0.15) is 11.6 Å². The van der Waals surface area contributed by atoms with E-state index in [0.29, 0.717) is 6.54 Å². The summed E-state index contributed by atoms with van der Waals surface area (Å²) in [6, 6.07) is 18.7. The van der Waals surface area contributed by atoms with Crippen LogP contribution in [0.15, 0.2) is 60.8 Å². The molecule has 2 aromatic carbocycles. The molecule has 6 nitrogen and oxygen atoms in total. The van der Waals surface area contributed by atoms with E-state index in [-0.39, 0.29) is 17.9 Å². The van der Waals surface area contributed by atoms with E-state index in [0.717, 1.165) is 76.6 Å². The molecule has 0 aliphatic carbocycles. The first-order valence-electron chi connectivity index (χ1n) is 13.6. The largest absolute Gasteiger partial charge is 0.361 e. The van der Waals surface area contributed by atoms with Gasteiger partial charge in [-0.25, -0.2) is 0 Å². The highest BCUT2D eigenvalue weighted by atomic mass is 16.2. The van der Waals surface area contributed by atoms with Crippen molar-refractivity contribution in [1.82, 2.24) is 19.7 Å². The molecule has 6 rings (SSSR count). The number of piperidine rings is 1. The molecule has 1 spiro atoms. The second-order valence-corrected chi connectivity index (χ2v) is 10.7. The molecule has 0 radical (unpaired) electrons. The molecule has 3 aliphatic heterocycles. The molecule has 4 heterocycles. The number of para-hydroxylation sites is 1. The maximum atomic E-state index is 13.9. The number of nitrogens with one attached hydrogen (secondary N) is 1. The van der Waals surface area contributed by atoms with Crippen LogP contribution in [0.2, 0.25) is 0 Å². The summed E-state index contributed by atoms with van der Waals surface area (Å²) in [6.07, 6.45) is 8.22. The highest BCUT2D eigenvalue weighted by molar-refractivity contribution is 6.00. The lowest BCUT2D eigenvalue weighted by Crippen LogP contribution is -2.72. The molecule has 6 heteroatoms. The van der Waals surface area contributed by atoms with Crippen LogP contribution in [-0.2, 0) is 22.4 Å². The van der Waals surface area contributed by atoms with Gasteiger partial charge < -0.3 is 19.7 Å². The monoisotopic (exact) mass is 484 g/mol. The molecular formula is C30H36N4O2. The Hall–Kier alpha value is -3.12. The highest BCUT2D eigenvalue weighted by Crippen LogP contribution is 2.39. The zero-order valence-electron chi connectivity index (χ0n) is 21.0. The Morgan fingerprint density at radius 3 is 2.50 bits per heavy atom. The minimum atomic E-state index is -0.681. The average molecular weight is 485 g/mol. The zero-order chi connectivity index (χ0) is 24.5. The average Bonchev–Trinajstić information content (AvgIpc) is 3.57. The quantitative estimate of drug-likeness (QED) is 0.551. The van der Waals surface area contributed by atoms with Crippen LogP contribution in [0.3, 0.4) is 0 Å². The van der Waals surface area contributed by atoms with Crippen molar-refractivity contribution in [2.45, 2.75) is 56.5 Å². The lowest BCUT2D eigenvalue weighted by molar-refractivity contribution is -0.172. The van der Waals surface area contributed by atoms with Gasteiger partial charge in [-0.05, 0) is 68.7 Å². The number of aromatic nitrogens is 1. The number of fused-ring (bicyclic) bond motifs is 2. The molecule has 188 valence electrons. The van der Waals surface area contributed by atoms with Crippen molar-refractivity contribution in [2.24, 2.45) is 0 Å². The van der Waals surface area contributed by atoms with Gasteiger partial charge in [0.2, 0.25) is 11.8 Å². The maximum Gasteiger partial charge on any atom is 0.249 e. The van der Waals surface area contributed by atoms with Crippen molar-refractivity contribution < 1.29 is 9.59 Å². The van der Waals surface area contributed by atoms with E-state index in [4.69, 9.17) is 0 Å². The molecule has 0 saturated carbocycles. The fourth-order valence-electron chi connectivity index (χ4n) is 6.72. The van der Waals surface area contributed by atoms with Gasteiger partial charge in [-0.3, -0.25) is 9.59 Å². The molecule has 36 heavy (non-hydrogen) atoms. The number of hydrogen-bond acceptors (Lipinski definition) is 3. The van der Waals surface area contributed by atoms with E-state index in [1.165, 1.54) is 16.5 Å². The number of amides is 2. The summed E-state index contributed by atoms with van der Waals surface area (Å²) in [5, 5.41) is 1.21. The number of benzene rings is 2. The molecule has 1 aromatic heterocycles. The summed E-state index contributed by atoms with van der Waals surface area (Å²) in [7, 11) is 0. The standard InChI is InChI=1S/C30H36N4O2/c35-28-27-13-7-18-33(27)29(36)30(34(28)19-14-24-22-31-26-12-5-4-11-25(24)26)15-20-32(21-16-30)17-6-10-23-8-2-1-3-9-23/h1-5,8-9,11-12,22,27,31H,6-7,10,13-21H2. The molecule has 3 saturated heterocycles. The fourth-order valence-corrected chi connectivity index (χ4v) is 6.72. The second kappa shape index (κ2) is 9.74. The smallest absolute Gasteiger partial charge is 0.249 e. The molecule has 1 N–H and O–H groups in total. The highest BCUT2D eigenvalue weighted by Gasteiger charge is 2.57. The minimum Gasteiger partial charge on any atom is -0.361 e. The zero-order valence-corrected chi connectivity index (χ0v) is 21.0. The summed E-state index contributed by atoms with van der Waals surface area (Å²) in [5.74, 6) is 0.372. The lowest BCUT2D eigenvalue weighted by Gasteiger charge is -2.53. The van der Waals surface area contributed by atoms with E-state index >= 15 is 0 Å². The van der Waals surface area contributed by atoms with Gasteiger partial charge in [-0.2, -0.15) is 0 Å². The number of aryl methyl sites for hydroxylation is 1. The van der Waals surface area contributed by atoms with E-state index in [9.17, 15) is 9.59 Å². The van der Waals surface area contributed by atoms with Crippen LogP contribution in [0.1, 0.15) is 43.2 Å². The Morgan fingerprint density at radius 1 is 0.889 bits per heavy atom. The third-order valence-electron chi connectivity index (χ3n) is 8.73. The van der Waals surface area contributed by atoms with Gasteiger partial charge in [-0.15, -0.1) is 0 Å². The van der Waals surface area contributed by atoms with E-state index in [2.05, 4.69) is 64.6 Å². The van der Waals surface area contributed by atoms with Crippen molar-refractivity contribution in [2.75, 3.05) is 32.7 Å². The third-order valence-corrected chi connectivity index (χ3v) is 8.73. The van der Waals surface area contributed by atoms with Gasteiger partial charge in [0.15, 0.2) is 0 Å². The van der Waals surface area contributed by atoms with Crippen LogP contribution in [-0.4, -0.2) is 75.8 Å². The summed E-state index contributed by atoms with van der Waals surface area (Å²) in [4.78, 5) is 37.5. The van der Waals surface area contributed by atoms with Crippen LogP contribution in [0.25, 0.3) is 10.9 Å². The van der Waals surface area contributed by atoms with E-state index in [1.54, 1.807) is 0 Å². The Kier molecular flexibility index (Phi) is 6.30. The number of piperazine rings is 1. The Labute approximate surface area is 213 Å². The molecule has 0 bridgehead atoms. The van der Waals surface area contributed by atoms with Crippen LogP contribution in [0, 0.1) is 0 Å². The summed E-state index contributed by atoms with van der Waals surface area (Å²) in [5.41, 5.74) is 3.03. The van der Waals surface area contributed by atoms with Crippen LogP contribution in [0.5, 0.6) is 0 Å². The topological polar surface area (TPSA) is 59.7 Å². The Bertz CT molecular complexity index is 1230. The molecule has 1 unspecified atom stereocenters. The number of carbonyl (C=O) groups is 2. The van der Waals surface area contributed by atoms with Gasteiger partial charge in [0.25, 0.3) is 0 Å². The number of aromatic amines is 1.